The molecular formula is C36H37FN4O6S. The lowest BCUT2D eigenvalue weighted by molar-refractivity contribution is -0.384. The number of hydrogen-bond acceptors (Lipinski definition) is 6. The summed E-state index contributed by atoms with van der Waals surface area (Å²) in [6.45, 7) is -1.06. The molecule has 1 aliphatic carbocycles. The van der Waals surface area contributed by atoms with E-state index in [1.54, 1.807) is 24.3 Å². The first-order chi connectivity index (χ1) is 23.1. The highest BCUT2D eigenvalue weighted by atomic mass is 32.2. The van der Waals surface area contributed by atoms with Crippen LogP contribution in [0.4, 0.5) is 15.8 Å². The highest BCUT2D eigenvalue weighted by Crippen LogP contribution is 2.27. The molecule has 5 rings (SSSR count). The summed E-state index contributed by atoms with van der Waals surface area (Å²) in [5.41, 5.74) is 0.666. The van der Waals surface area contributed by atoms with E-state index in [1.807, 2.05) is 30.3 Å². The zero-order chi connectivity index (χ0) is 34.1. The largest absolute Gasteiger partial charge is 0.352 e. The van der Waals surface area contributed by atoms with Crippen molar-refractivity contribution in [1.29, 1.82) is 0 Å². The molecule has 250 valence electrons. The molecular weight excluding hydrogens is 635 g/mol. The molecule has 12 heteroatoms. The van der Waals surface area contributed by atoms with E-state index in [1.165, 1.54) is 47.4 Å². The zero-order valence-corrected chi connectivity index (χ0v) is 27.1. The van der Waals surface area contributed by atoms with Crippen LogP contribution in [-0.2, 0) is 32.6 Å². The molecule has 0 aliphatic heterocycles. The van der Waals surface area contributed by atoms with Crippen LogP contribution in [0.15, 0.2) is 114 Å². The van der Waals surface area contributed by atoms with Crippen molar-refractivity contribution in [3.05, 3.63) is 136 Å². The molecule has 4 aromatic carbocycles. The van der Waals surface area contributed by atoms with Gasteiger partial charge in [-0.3, -0.25) is 24.0 Å². The van der Waals surface area contributed by atoms with Crippen LogP contribution < -0.4 is 9.62 Å². The van der Waals surface area contributed by atoms with E-state index in [9.17, 15) is 28.1 Å². The lowest BCUT2D eigenvalue weighted by Crippen LogP contribution is -2.55. The second-order valence-corrected chi connectivity index (χ2v) is 13.6. The molecule has 0 spiro atoms. The Morgan fingerprint density at radius 1 is 0.854 bits per heavy atom. The fourth-order valence-electron chi connectivity index (χ4n) is 5.90. The van der Waals surface area contributed by atoms with Gasteiger partial charge in [0.15, 0.2) is 0 Å². The minimum absolute atomic E-state index is 0.00918. The summed E-state index contributed by atoms with van der Waals surface area (Å²) >= 11 is 0. The van der Waals surface area contributed by atoms with Crippen molar-refractivity contribution >= 4 is 33.2 Å². The third-order valence-electron chi connectivity index (χ3n) is 8.48. The number of benzene rings is 4. The molecule has 0 saturated heterocycles. The predicted molar refractivity (Wildman–Crippen MR) is 180 cm³/mol. The average molecular weight is 673 g/mol. The smallest absolute Gasteiger partial charge is 0.269 e. The Bertz CT molecular complexity index is 1820. The number of sulfonamides is 1. The van der Waals surface area contributed by atoms with Crippen molar-refractivity contribution in [3.8, 4) is 0 Å². The molecule has 1 atom stereocenters. The van der Waals surface area contributed by atoms with Gasteiger partial charge >= 0.3 is 0 Å². The van der Waals surface area contributed by atoms with Crippen LogP contribution in [-0.4, -0.2) is 48.7 Å². The number of carbonyl (C=O) groups is 2. The van der Waals surface area contributed by atoms with Crippen molar-refractivity contribution in [2.45, 2.75) is 62.0 Å². The standard InChI is InChI=1S/C36H37FN4O6S/c37-33-19-11-10-14-28(33)25-39(34(24-27-12-4-1-5-13-27)36(43)38-29-15-6-2-7-16-29)35(42)26-40(30-20-22-31(23-21-30)41(44)45)48(46,47)32-17-8-3-9-18-32/h1,3-5,8-14,17-23,29,34H,2,6-7,15-16,24-26H2,(H,38,43)/t34-/m1/s1. The van der Waals surface area contributed by atoms with E-state index in [0.29, 0.717) is 0 Å². The highest BCUT2D eigenvalue weighted by Gasteiger charge is 2.36. The highest BCUT2D eigenvalue weighted by molar-refractivity contribution is 7.92. The lowest BCUT2D eigenvalue weighted by atomic mass is 9.94. The molecule has 0 heterocycles. The Labute approximate surface area is 279 Å². The third-order valence-corrected chi connectivity index (χ3v) is 10.3. The van der Waals surface area contributed by atoms with E-state index in [2.05, 4.69) is 5.32 Å². The summed E-state index contributed by atoms with van der Waals surface area (Å²) in [5, 5.41) is 14.5. The number of hydrogen-bond donors (Lipinski definition) is 1. The monoisotopic (exact) mass is 672 g/mol. The maximum Gasteiger partial charge on any atom is 0.269 e. The Hall–Kier alpha value is -5.10. The molecule has 0 bridgehead atoms. The number of nitro benzene ring substituents is 1. The van der Waals surface area contributed by atoms with Crippen LogP contribution in [0.2, 0.25) is 0 Å². The quantitative estimate of drug-likeness (QED) is 0.137. The average Bonchev–Trinajstić information content (AvgIpc) is 3.10. The van der Waals surface area contributed by atoms with Crippen molar-refractivity contribution in [1.82, 2.24) is 10.2 Å². The first-order valence-electron chi connectivity index (χ1n) is 15.8. The molecule has 1 saturated carbocycles. The Kier molecular flexibility index (Phi) is 11.2. The maximum atomic E-state index is 15.1. The van der Waals surface area contributed by atoms with Gasteiger partial charge in [-0.2, -0.15) is 0 Å². The number of nitro groups is 1. The number of non-ortho nitro benzene ring substituents is 1. The zero-order valence-electron chi connectivity index (χ0n) is 26.3. The number of nitrogens with one attached hydrogen (secondary N) is 1. The van der Waals surface area contributed by atoms with Gasteiger partial charge in [-0.25, -0.2) is 12.8 Å². The second-order valence-electron chi connectivity index (χ2n) is 11.8. The Morgan fingerprint density at radius 2 is 1.46 bits per heavy atom. The van der Waals surface area contributed by atoms with Crippen LogP contribution >= 0.6 is 0 Å². The summed E-state index contributed by atoms with van der Waals surface area (Å²) in [6.07, 6.45) is 4.71. The fourth-order valence-corrected chi connectivity index (χ4v) is 7.33. The molecule has 0 aromatic heterocycles. The normalized spacial score (nSPS) is 14.1. The van der Waals surface area contributed by atoms with Gasteiger partial charge in [0.1, 0.15) is 18.4 Å². The number of nitrogens with zero attached hydrogens (tertiary/aromatic N) is 3. The van der Waals surface area contributed by atoms with Gasteiger partial charge in [0, 0.05) is 36.7 Å². The van der Waals surface area contributed by atoms with Gasteiger partial charge in [-0.15, -0.1) is 0 Å². The van der Waals surface area contributed by atoms with Gasteiger partial charge in [0.25, 0.3) is 15.7 Å². The second kappa shape index (κ2) is 15.7. The Balaban J connectivity index is 1.57. The van der Waals surface area contributed by atoms with E-state index in [0.717, 1.165) is 54.1 Å². The molecule has 4 aromatic rings. The summed E-state index contributed by atoms with van der Waals surface area (Å²) < 4.78 is 44.1. The SMILES string of the molecule is O=C(NC1CCCCC1)[C@@H](Cc1ccccc1)N(Cc1ccccc1F)C(=O)CN(c1ccc([N+](=O)[O-])cc1)S(=O)(=O)c1ccccc1. The van der Waals surface area contributed by atoms with Crippen molar-refractivity contribution in [2.75, 3.05) is 10.8 Å². The molecule has 1 fully saturated rings. The third kappa shape index (κ3) is 8.43. The molecule has 2 amide bonds. The number of halogens is 1. The van der Waals surface area contributed by atoms with Crippen LogP contribution in [0.5, 0.6) is 0 Å². The molecule has 48 heavy (non-hydrogen) atoms. The van der Waals surface area contributed by atoms with Crippen LogP contribution in [0.1, 0.15) is 43.2 Å². The van der Waals surface area contributed by atoms with Gasteiger partial charge in [-0.05, 0) is 48.7 Å². The number of carbonyl (C=O) groups excluding carboxylic acids is 2. The summed E-state index contributed by atoms with van der Waals surface area (Å²) in [7, 11) is -4.38. The topological polar surface area (TPSA) is 130 Å². The summed E-state index contributed by atoms with van der Waals surface area (Å²) in [4.78, 5) is 40.5. The van der Waals surface area contributed by atoms with Crippen LogP contribution in [0.3, 0.4) is 0 Å². The molecule has 0 unspecified atom stereocenters. The fraction of sp³-hybridized carbons (Fsp3) is 0.278. The Morgan fingerprint density at radius 3 is 2.08 bits per heavy atom. The maximum absolute atomic E-state index is 15.1. The van der Waals surface area contributed by atoms with E-state index < -0.39 is 45.2 Å². The molecule has 10 nitrogen and oxygen atoms in total. The van der Waals surface area contributed by atoms with Crippen molar-refractivity contribution in [3.63, 3.8) is 0 Å². The van der Waals surface area contributed by atoms with Crippen molar-refractivity contribution in [2.24, 2.45) is 0 Å². The van der Waals surface area contributed by atoms with Crippen LogP contribution in [0.25, 0.3) is 0 Å². The van der Waals surface area contributed by atoms with Gasteiger partial charge in [-0.1, -0.05) is 86.0 Å². The number of amides is 2. The van der Waals surface area contributed by atoms with E-state index in [4.69, 9.17) is 0 Å². The first-order valence-corrected chi connectivity index (χ1v) is 17.3. The molecule has 0 radical (unpaired) electrons. The number of anilines is 1. The molecule has 1 aliphatic rings. The lowest BCUT2D eigenvalue weighted by Gasteiger charge is -2.35. The van der Waals surface area contributed by atoms with E-state index in [-0.39, 0.29) is 40.8 Å². The number of rotatable bonds is 13. The van der Waals surface area contributed by atoms with Gasteiger partial charge in [0.05, 0.1) is 15.5 Å². The summed E-state index contributed by atoms with van der Waals surface area (Å²) in [5.74, 6) is -1.75. The predicted octanol–water partition coefficient (Wildman–Crippen LogP) is 6.02. The summed E-state index contributed by atoms with van der Waals surface area (Å²) in [6, 6.07) is 26.2. The van der Waals surface area contributed by atoms with Crippen molar-refractivity contribution < 1.29 is 27.3 Å². The minimum atomic E-state index is -4.38. The van der Waals surface area contributed by atoms with Gasteiger partial charge < -0.3 is 10.2 Å². The van der Waals surface area contributed by atoms with Gasteiger partial charge in [0.2, 0.25) is 11.8 Å². The minimum Gasteiger partial charge on any atom is -0.352 e. The molecule has 1 N–H and O–H groups in total. The van der Waals surface area contributed by atoms with Crippen LogP contribution in [0, 0.1) is 15.9 Å². The first kappa shape index (κ1) is 34.2. The van der Waals surface area contributed by atoms with E-state index >= 15 is 4.39 Å².